The Morgan fingerprint density at radius 1 is 1.07 bits per heavy atom. The van der Waals surface area contributed by atoms with Crippen molar-refractivity contribution in [3.8, 4) is 16.9 Å². The first-order valence-corrected chi connectivity index (χ1v) is 16.5. The number of thioether (sulfide) groups is 1. The number of amides is 1. The molecule has 0 atom stereocenters. The van der Waals surface area contributed by atoms with Crippen molar-refractivity contribution in [2.75, 3.05) is 19.6 Å². The highest BCUT2D eigenvalue weighted by Crippen LogP contribution is 2.36. The zero-order chi connectivity index (χ0) is 28.3. The third-order valence-corrected chi connectivity index (χ3v) is 10.7. The van der Waals surface area contributed by atoms with E-state index in [-0.39, 0.29) is 10.8 Å². The highest BCUT2D eigenvalue weighted by Gasteiger charge is 2.32. The van der Waals surface area contributed by atoms with Crippen molar-refractivity contribution in [2.45, 2.75) is 50.8 Å². The summed E-state index contributed by atoms with van der Waals surface area (Å²) in [6.07, 6.45) is 8.45. The molecule has 2 aliphatic rings. The van der Waals surface area contributed by atoms with E-state index in [1.165, 1.54) is 11.8 Å². The van der Waals surface area contributed by atoms with Crippen molar-refractivity contribution in [1.29, 1.82) is 0 Å². The highest BCUT2D eigenvalue weighted by atomic mass is 32.2. The van der Waals surface area contributed by atoms with Crippen LogP contribution in [-0.4, -0.2) is 57.3 Å². The lowest BCUT2D eigenvalue weighted by molar-refractivity contribution is -0.122. The molecule has 210 valence electrons. The fourth-order valence-corrected chi connectivity index (χ4v) is 7.78. The molecule has 2 saturated heterocycles. The Kier molecular flexibility index (Phi) is 8.89. The van der Waals surface area contributed by atoms with Crippen LogP contribution in [0.4, 0.5) is 0 Å². The number of sulfonamides is 1. The van der Waals surface area contributed by atoms with Crippen LogP contribution < -0.4 is 0 Å². The molecule has 0 unspecified atom stereocenters. The van der Waals surface area contributed by atoms with Crippen molar-refractivity contribution >= 4 is 50.3 Å². The average Bonchev–Trinajstić information content (AvgIpc) is 3.50. The monoisotopic (exact) mass is 594 g/mol. The van der Waals surface area contributed by atoms with Gasteiger partial charge in [-0.05, 0) is 55.5 Å². The van der Waals surface area contributed by atoms with Crippen molar-refractivity contribution in [3.63, 3.8) is 0 Å². The van der Waals surface area contributed by atoms with Crippen LogP contribution in [0.15, 0.2) is 70.6 Å². The van der Waals surface area contributed by atoms with Crippen molar-refractivity contribution in [2.24, 2.45) is 5.92 Å². The molecule has 2 fully saturated rings. The maximum absolute atomic E-state index is 13.5. The molecule has 1 amide bonds. The Morgan fingerprint density at radius 2 is 1.82 bits per heavy atom. The number of benzene rings is 2. The molecule has 0 saturated carbocycles. The Labute approximate surface area is 246 Å². The summed E-state index contributed by atoms with van der Waals surface area (Å²) in [5.41, 5.74) is 2.86. The zero-order valence-corrected chi connectivity index (χ0v) is 25.3. The molecule has 1 aromatic heterocycles. The Balaban J connectivity index is 1.52. The Bertz CT molecular complexity index is 1520. The number of hydrogen-bond donors (Lipinski definition) is 0. The first kappa shape index (κ1) is 28.7. The van der Waals surface area contributed by atoms with Gasteiger partial charge in [-0.3, -0.25) is 9.69 Å². The smallest absolute Gasteiger partial charge is 0.266 e. The summed E-state index contributed by atoms with van der Waals surface area (Å²) in [5.74, 6) is 0.433. The van der Waals surface area contributed by atoms with Crippen LogP contribution in [0.5, 0.6) is 0 Å². The molecule has 0 radical (unpaired) electrons. The van der Waals surface area contributed by atoms with E-state index in [4.69, 9.17) is 17.3 Å². The van der Waals surface area contributed by atoms with Crippen LogP contribution in [0.25, 0.3) is 23.0 Å². The molecular weight excluding hydrogens is 561 g/mol. The molecule has 0 spiro atoms. The van der Waals surface area contributed by atoms with E-state index in [0.717, 1.165) is 43.4 Å². The summed E-state index contributed by atoms with van der Waals surface area (Å²) in [7, 11) is -3.63. The summed E-state index contributed by atoms with van der Waals surface area (Å²) in [6, 6.07) is 16.7. The largest absolute Gasteiger partial charge is 0.293 e. The second kappa shape index (κ2) is 12.4. The number of hydrogen-bond acceptors (Lipinski definition) is 6. The average molecular weight is 595 g/mol. The first-order chi connectivity index (χ1) is 19.3. The quantitative estimate of drug-likeness (QED) is 0.163. The van der Waals surface area contributed by atoms with E-state index < -0.39 is 10.0 Å². The van der Waals surface area contributed by atoms with Gasteiger partial charge in [-0.2, -0.15) is 9.40 Å². The number of unbranched alkanes of at least 4 members (excludes halogenated alkanes) is 2. The molecule has 10 heteroatoms. The summed E-state index contributed by atoms with van der Waals surface area (Å²) in [5, 5.41) is 4.86. The maximum atomic E-state index is 13.5. The van der Waals surface area contributed by atoms with Crippen molar-refractivity contribution < 1.29 is 13.2 Å². The summed E-state index contributed by atoms with van der Waals surface area (Å²) >= 11 is 6.83. The predicted molar refractivity (Wildman–Crippen MR) is 166 cm³/mol. The molecule has 0 aliphatic carbocycles. The van der Waals surface area contributed by atoms with Gasteiger partial charge in [0.2, 0.25) is 10.0 Å². The van der Waals surface area contributed by atoms with Gasteiger partial charge in [-0.1, -0.05) is 81.0 Å². The van der Waals surface area contributed by atoms with Gasteiger partial charge in [-0.15, -0.1) is 0 Å². The fraction of sp³-hybridized carbons (Fsp3) is 0.367. The van der Waals surface area contributed by atoms with E-state index in [0.29, 0.717) is 46.0 Å². The van der Waals surface area contributed by atoms with Gasteiger partial charge in [0.05, 0.1) is 15.5 Å². The molecule has 7 nitrogen and oxygen atoms in total. The number of carbonyl (C=O) groups excluding carboxylic acids is 1. The molecular formula is C30H34N4O3S3. The number of carbonyl (C=O) groups is 1. The minimum absolute atomic E-state index is 0.0971. The van der Waals surface area contributed by atoms with Crippen LogP contribution in [-0.2, 0) is 14.8 Å². The second-order valence-corrected chi connectivity index (χ2v) is 14.0. The summed E-state index contributed by atoms with van der Waals surface area (Å²) in [4.78, 5) is 15.7. The van der Waals surface area contributed by atoms with Gasteiger partial charge in [-0.25, -0.2) is 13.1 Å². The fourth-order valence-electron chi connectivity index (χ4n) is 4.96. The van der Waals surface area contributed by atoms with Crippen LogP contribution in [0.1, 0.15) is 51.5 Å². The summed E-state index contributed by atoms with van der Waals surface area (Å²) < 4.78 is 30.9. The van der Waals surface area contributed by atoms with Gasteiger partial charge in [0, 0.05) is 37.0 Å². The van der Waals surface area contributed by atoms with Gasteiger partial charge in [0.25, 0.3) is 5.91 Å². The zero-order valence-electron chi connectivity index (χ0n) is 22.8. The topological polar surface area (TPSA) is 75.5 Å². The maximum Gasteiger partial charge on any atom is 0.266 e. The van der Waals surface area contributed by atoms with E-state index in [1.54, 1.807) is 32.1 Å². The number of aromatic nitrogens is 2. The first-order valence-electron chi connectivity index (χ1n) is 13.8. The number of nitrogens with zero attached hydrogens (tertiary/aromatic N) is 4. The van der Waals surface area contributed by atoms with Gasteiger partial charge in [0.1, 0.15) is 10.0 Å². The standard InChI is InChI=1S/C30H34N4O3S3/c1-3-4-8-16-33-29(35)27(39-30(33)38)20-24-21-34(25-11-6-5-7-12-25)31-28(24)23-10-9-13-26(19-23)40(36,37)32-17-14-22(2)15-18-32/h5-7,9-13,19-22H,3-4,8,14-18H2,1-2H3. The number of thiocarbonyl (C=S) groups is 1. The molecule has 3 aromatic rings. The van der Waals surface area contributed by atoms with Crippen molar-refractivity contribution in [3.05, 3.63) is 71.3 Å². The van der Waals surface area contributed by atoms with Crippen LogP contribution in [0, 0.1) is 5.92 Å². The normalized spacial score (nSPS) is 18.2. The summed E-state index contributed by atoms with van der Waals surface area (Å²) in [6.45, 7) is 5.96. The minimum atomic E-state index is -3.63. The minimum Gasteiger partial charge on any atom is -0.293 e. The number of piperidine rings is 1. The van der Waals surface area contributed by atoms with E-state index in [9.17, 15) is 13.2 Å². The van der Waals surface area contributed by atoms with Crippen LogP contribution in [0.3, 0.4) is 0 Å². The Morgan fingerprint density at radius 3 is 2.55 bits per heavy atom. The second-order valence-electron chi connectivity index (χ2n) is 10.4. The predicted octanol–water partition coefficient (Wildman–Crippen LogP) is 6.35. The van der Waals surface area contributed by atoms with Gasteiger partial charge < -0.3 is 0 Å². The van der Waals surface area contributed by atoms with Crippen LogP contribution >= 0.6 is 24.0 Å². The lowest BCUT2D eigenvalue weighted by Crippen LogP contribution is -2.37. The Hall–Kier alpha value is -2.79. The lowest BCUT2D eigenvalue weighted by Gasteiger charge is -2.29. The third kappa shape index (κ3) is 6.10. The number of para-hydroxylation sites is 1. The molecule has 2 aliphatic heterocycles. The van der Waals surface area contributed by atoms with Crippen molar-refractivity contribution in [1.82, 2.24) is 19.0 Å². The van der Waals surface area contributed by atoms with Crippen LogP contribution in [0.2, 0.25) is 0 Å². The lowest BCUT2D eigenvalue weighted by atomic mass is 10.0. The molecule has 2 aromatic carbocycles. The number of rotatable bonds is 9. The van der Waals surface area contributed by atoms with E-state index >= 15 is 0 Å². The van der Waals surface area contributed by atoms with Gasteiger partial charge >= 0.3 is 0 Å². The molecule has 0 bridgehead atoms. The van der Waals surface area contributed by atoms with E-state index in [2.05, 4.69) is 13.8 Å². The highest BCUT2D eigenvalue weighted by molar-refractivity contribution is 8.26. The molecule has 5 rings (SSSR count). The molecule has 0 N–H and O–H groups in total. The molecule has 40 heavy (non-hydrogen) atoms. The van der Waals surface area contributed by atoms with E-state index in [1.807, 2.05) is 48.7 Å². The molecule has 3 heterocycles. The third-order valence-electron chi connectivity index (χ3n) is 7.40. The van der Waals surface area contributed by atoms with Gasteiger partial charge in [0.15, 0.2) is 0 Å². The SMILES string of the molecule is CCCCCN1C(=O)C(=Cc2cn(-c3ccccc3)nc2-c2cccc(S(=O)(=O)N3CCC(C)CC3)c2)SC1=S.